The normalized spacial score (nSPS) is 29.1. The predicted octanol–water partition coefficient (Wildman–Crippen LogP) is 0.834. The standard InChI is InChI=1S/C9H15N3O/c1-12-6-10-9(11-12)7-2-4-8(13)5-3-7/h6-8,13H,2-5H2,1H3. The Morgan fingerprint density at radius 2 is 2.08 bits per heavy atom. The van der Waals surface area contributed by atoms with Gasteiger partial charge in [-0.1, -0.05) is 0 Å². The number of aromatic nitrogens is 3. The number of nitrogens with zero attached hydrogens (tertiary/aromatic N) is 3. The molecule has 4 heteroatoms. The highest BCUT2D eigenvalue weighted by Crippen LogP contribution is 2.30. The molecule has 0 radical (unpaired) electrons. The van der Waals surface area contributed by atoms with Gasteiger partial charge in [0.1, 0.15) is 6.33 Å². The minimum Gasteiger partial charge on any atom is -0.393 e. The third-order valence-corrected chi connectivity index (χ3v) is 2.68. The van der Waals surface area contributed by atoms with Gasteiger partial charge in [-0.15, -0.1) is 0 Å². The minimum atomic E-state index is -0.0973. The van der Waals surface area contributed by atoms with Crippen LogP contribution in [0.25, 0.3) is 0 Å². The second-order valence-electron chi connectivity index (χ2n) is 3.78. The van der Waals surface area contributed by atoms with E-state index in [0.717, 1.165) is 31.5 Å². The highest BCUT2D eigenvalue weighted by molar-refractivity contribution is 4.96. The van der Waals surface area contributed by atoms with Gasteiger partial charge in [-0.05, 0) is 25.7 Å². The van der Waals surface area contributed by atoms with Crippen molar-refractivity contribution in [2.45, 2.75) is 37.7 Å². The van der Waals surface area contributed by atoms with E-state index in [0.29, 0.717) is 5.92 Å². The summed E-state index contributed by atoms with van der Waals surface area (Å²) in [4.78, 5) is 4.23. The van der Waals surface area contributed by atoms with E-state index in [1.165, 1.54) is 0 Å². The van der Waals surface area contributed by atoms with Gasteiger partial charge in [0.2, 0.25) is 0 Å². The maximum Gasteiger partial charge on any atom is 0.153 e. The lowest BCUT2D eigenvalue weighted by Gasteiger charge is -2.22. The summed E-state index contributed by atoms with van der Waals surface area (Å²) in [6.07, 6.45) is 5.46. The summed E-state index contributed by atoms with van der Waals surface area (Å²) in [7, 11) is 1.88. The lowest BCUT2D eigenvalue weighted by atomic mass is 9.87. The molecule has 0 unspecified atom stereocenters. The summed E-state index contributed by atoms with van der Waals surface area (Å²) in [5, 5.41) is 13.6. The van der Waals surface area contributed by atoms with E-state index in [1.54, 1.807) is 11.0 Å². The molecule has 0 aromatic carbocycles. The molecule has 1 saturated carbocycles. The van der Waals surface area contributed by atoms with Gasteiger partial charge in [0.15, 0.2) is 5.82 Å². The SMILES string of the molecule is Cn1cnc(C2CCC(O)CC2)n1. The lowest BCUT2D eigenvalue weighted by Crippen LogP contribution is -2.17. The zero-order valence-electron chi connectivity index (χ0n) is 7.85. The first-order valence-electron chi connectivity index (χ1n) is 4.79. The number of aliphatic hydroxyl groups is 1. The van der Waals surface area contributed by atoms with Crippen LogP contribution < -0.4 is 0 Å². The van der Waals surface area contributed by atoms with Gasteiger partial charge < -0.3 is 5.11 Å². The average Bonchev–Trinajstić information content (AvgIpc) is 2.53. The summed E-state index contributed by atoms with van der Waals surface area (Å²) >= 11 is 0. The van der Waals surface area contributed by atoms with Crippen molar-refractivity contribution in [1.82, 2.24) is 14.8 Å². The minimum absolute atomic E-state index is 0.0973. The average molecular weight is 181 g/mol. The number of aryl methyl sites for hydroxylation is 1. The van der Waals surface area contributed by atoms with Gasteiger partial charge in [-0.2, -0.15) is 5.10 Å². The van der Waals surface area contributed by atoms with Gasteiger partial charge >= 0.3 is 0 Å². The fraction of sp³-hybridized carbons (Fsp3) is 0.778. The quantitative estimate of drug-likeness (QED) is 0.698. The van der Waals surface area contributed by atoms with Crippen LogP contribution in [0.2, 0.25) is 0 Å². The third kappa shape index (κ3) is 1.88. The Bertz CT molecular complexity index is 276. The third-order valence-electron chi connectivity index (χ3n) is 2.68. The van der Waals surface area contributed by atoms with E-state index >= 15 is 0 Å². The Morgan fingerprint density at radius 3 is 2.62 bits per heavy atom. The highest BCUT2D eigenvalue weighted by Gasteiger charge is 2.23. The van der Waals surface area contributed by atoms with E-state index in [9.17, 15) is 5.11 Å². The van der Waals surface area contributed by atoms with Crippen molar-refractivity contribution in [1.29, 1.82) is 0 Å². The van der Waals surface area contributed by atoms with Crippen LogP contribution in [0.4, 0.5) is 0 Å². The van der Waals surface area contributed by atoms with Crippen LogP contribution in [-0.2, 0) is 7.05 Å². The van der Waals surface area contributed by atoms with Crippen LogP contribution in [0.1, 0.15) is 37.4 Å². The van der Waals surface area contributed by atoms with Gasteiger partial charge in [-0.25, -0.2) is 4.98 Å². The van der Waals surface area contributed by atoms with Crippen LogP contribution in [0.15, 0.2) is 6.33 Å². The number of hydrogen-bond donors (Lipinski definition) is 1. The molecule has 13 heavy (non-hydrogen) atoms. The largest absolute Gasteiger partial charge is 0.393 e. The summed E-state index contributed by atoms with van der Waals surface area (Å²) in [5.41, 5.74) is 0. The molecule has 4 nitrogen and oxygen atoms in total. The molecule has 2 rings (SSSR count). The Hall–Kier alpha value is -0.900. The molecule has 0 saturated heterocycles. The Morgan fingerprint density at radius 1 is 1.38 bits per heavy atom. The lowest BCUT2D eigenvalue weighted by molar-refractivity contribution is 0.121. The van der Waals surface area contributed by atoms with Crippen molar-refractivity contribution in [3.8, 4) is 0 Å². The summed E-state index contributed by atoms with van der Waals surface area (Å²) in [6, 6.07) is 0. The zero-order valence-corrected chi connectivity index (χ0v) is 7.85. The van der Waals surface area contributed by atoms with Crippen molar-refractivity contribution in [2.75, 3.05) is 0 Å². The van der Waals surface area contributed by atoms with Crippen molar-refractivity contribution in [3.63, 3.8) is 0 Å². The van der Waals surface area contributed by atoms with E-state index < -0.39 is 0 Å². The molecule has 0 aliphatic heterocycles. The fourth-order valence-electron chi connectivity index (χ4n) is 1.88. The Kier molecular flexibility index (Phi) is 2.31. The van der Waals surface area contributed by atoms with E-state index in [1.807, 2.05) is 7.05 Å². The first-order chi connectivity index (χ1) is 6.25. The van der Waals surface area contributed by atoms with Crippen molar-refractivity contribution in [3.05, 3.63) is 12.2 Å². The molecule has 1 aromatic heterocycles. The van der Waals surface area contributed by atoms with Gasteiger partial charge in [0.05, 0.1) is 6.10 Å². The molecule has 1 aliphatic rings. The van der Waals surface area contributed by atoms with E-state index in [2.05, 4.69) is 10.1 Å². The number of aliphatic hydroxyl groups excluding tert-OH is 1. The molecule has 1 fully saturated rings. The molecule has 1 N–H and O–H groups in total. The Labute approximate surface area is 77.6 Å². The second-order valence-corrected chi connectivity index (χ2v) is 3.78. The molecular weight excluding hydrogens is 166 g/mol. The van der Waals surface area contributed by atoms with Gasteiger partial charge in [0, 0.05) is 13.0 Å². The smallest absolute Gasteiger partial charge is 0.153 e. The van der Waals surface area contributed by atoms with Crippen LogP contribution >= 0.6 is 0 Å². The maximum atomic E-state index is 9.33. The summed E-state index contributed by atoms with van der Waals surface area (Å²) in [5.74, 6) is 1.40. The zero-order chi connectivity index (χ0) is 9.26. The highest BCUT2D eigenvalue weighted by atomic mass is 16.3. The van der Waals surface area contributed by atoms with E-state index in [-0.39, 0.29) is 6.10 Å². The second kappa shape index (κ2) is 3.46. The maximum absolute atomic E-state index is 9.33. The summed E-state index contributed by atoms with van der Waals surface area (Å²) in [6.45, 7) is 0. The Balaban J connectivity index is 2.02. The molecule has 0 spiro atoms. The van der Waals surface area contributed by atoms with Gasteiger partial charge in [0.25, 0.3) is 0 Å². The monoisotopic (exact) mass is 181 g/mol. The molecule has 1 aromatic rings. The molecule has 1 heterocycles. The van der Waals surface area contributed by atoms with E-state index in [4.69, 9.17) is 0 Å². The van der Waals surface area contributed by atoms with Crippen molar-refractivity contribution in [2.24, 2.45) is 7.05 Å². The fourth-order valence-corrected chi connectivity index (χ4v) is 1.88. The molecule has 0 amide bonds. The van der Waals surface area contributed by atoms with Crippen LogP contribution in [0.5, 0.6) is 0 Å². The van der Waals surface area contributed by atoms with Crippen LogP contribution in [0.3, 0.4) is 0 Å². The molecule has 1 aliphatic carbocycles. The summed E-state index contributed by atoms with van der Waals surface area (Å²) < 4.78 is 1.74. The van der Waals surface area contributed by atoms with Crippen LogP contribution in [0, 0.1) is 0 Å². The van der Waals surface area contributed by atoms with Crippen LogP contribution in [-0.4, -0.2) is 26.0 Å². The molecule has 0 bridgehead atoms. The van der Waals surface area contributed by atoms with Crippen molar-refractivity contribution >= 4 is 0 Å². The topological polar surface area (TPSA) is 50.9 Å². The molecule has 0 atom stereocenters. The van der Waals surface area contributed by atoms with Crippen molar-refractivity contribution < 1.29 is 5.11 Å². The number of rotatable bonds is 1. The molecule has 72 valence electrons. The first kappa shape index (κ1) is 8.69. The first-order valence-corrected chi connectivity index (χ1v) is 4.79. The number of hydrogen-bond acceptors (Lipinski definition) is 3. The van der Waals surface area contributed by atoms with Gasteiger partial charge in [-0.3, -0.25) is 4.68 Å². The predicted molar refractivity (Wildman–Crippen MR) is 48.2 cm³/mol. The molecular formula is C9H15N3O.